The Morgan fingerprint density at radius 1 is 1.15 bits per heavy atom. The molecule has 0 aliphatic carbocycles. The smallest absolute Gasteiger partial charge is 0.261 e. The summed E-state index contributed by atoms with van der Waals surface area (Å²) >= 11 is 0. The van der Waals surface area contributed by atoms with Crippen molar-refractivity contribution in [1.82, 2.24) is 4.98 Å². The number of anilines is 1. The Morgan fingerprint density at radius 3 is 2.52 bits per heavy atom. The van der Waals surface area contributed by atoms with E-state index in [9.17, 15) is 12.8 Å². The molecule has 0 fully saturated rings. The molecule has 136 valence electrons. The summed E-state index contributed by atoms with van der Waals surface area (Å²) in [6.07, 6.45) is 1.47. The lowest BCUT2D eigenvalue weighted by Crippen LogP contribution is -2.14. The molecule has 27 heavy (non-hydrogen) atoms. The molecule has 1 heterocycles. The lowest BCUT2D eigenvalue weighted by Gasteiger charge is -2.12. The Labute approximate surface area is 155 Å². The number of rotatable bonds is 5. The number of halogens is 1. The number of nitriles is 1. The fourth-order valence-electron chi connectivity index (χ4n) is 2.43. The van der Waals surface area contributed by atoms with E-state index in [1.807, 2.05) is 0 Å². The molecule has 1 aromatic heterocycles. The van der Waals surface area contributed by atoms with Crippen LogP contribution in [-0.2, 0) is 10.0 Å². The van der Waals surface area contributed by atoms with Crippen LogP contribution in [-0.4, -0.2) is 20.5 Å². The quantitative estimate of drug-likeness (QED) is 0.727. The molecule has 0 saturated carbocycles. The standard InChI is InChI=1S/C19H14FN3O3S/c1-26-15-6-8-16(9-7-15)27(24,25)23-18-3-2-10-22-19(18)13-4-5-14(12-21)17(20)11-13/h2-11,23H,1H3. The SMILES string of the molecule is COc1ccc(S(=O)(=O)Nc2cccnc2-c2ccc(C#N)c(F)c2)cc1. The number of nitrogens with one attached hydrogen (secondary N) is 1. The third kappa shape index (κ3) is 3.88. The van der Waals surface area contributed by atoms with Crippen LogP contribution in [0.15, 0.2) is 65.7 Å². The van der Waals surface area contributed by atoms with Gasteiger partial charge in [0, 0.05) is 11.8 Å². The highest BCUT2D eigenvalue weighted by atomic mass is 32.2. The van der Waals surface area contributed by atoms with E-state index >= 15 is 0 Å². The average molecular weight is 383 g/mol. The van der Waals surface area contributed by atoms with Gasteiger partial charge in [-0.25, -0.2) is 12.8 Å². The van der Waals surface area contributed by atoms with E-state index in [-0.39, 0.29) is 21.8 Å². The predicted molar refractivity (Wildman–Crippen MR) is 98.1 cm³/mol. The maximum absolute atomic E-state index is 13.9. The van der Waals surface area contributed by atoms with Crippen molar-refractivity contribution in [3.05, 3.63) is 72.2 Å². The Hall–Kier alpha value is -3.44. The molecule has 0 atom stereocenters. The second-order valence-electron chi connectivity index (χ2n) is 5.49. The van der Waals surface area contributed by atoms with E-state index in [1.54, 1.807) is 12.1 Å². The molecule has 0 amide bonds. The zero-order chi connectivity index (χ0) is 19.4. The lowest BCUT2D eigenvalue weighted by molar-refractivity contribution is 0.414. The van der Waals surface area contributed by atoms with Gasteiger partial charge in [0.25, 0.3) is 10.0 Å². The first kappa shape index (κ1) is 18.4. The van der Waals surface area contributed by atoms with E-state index in [4.69, 9.17) is 10.00 Å². The fraction of sp³-hybridized carbons (Fsp3) is 0.0526. The summed E-state index contributed by atoms with van der Waals surface area (Å²) in [7, 11) is -2.40. The lowest BCUT2D eigenvalue weighted by atomic mass is 10.1. The first-order valence-electron chi connectivity index (χ1n) is 7.76. The number of nitrogens with zero attached hydrogens (tertiary/aromatic N) is 2. The summed E-state index contributed by atoms with van der Waals surface area (Å²) in [5.41, 5.74) is 0.685. The minimum absolute atomic E-state index is 0.0455. The van der Waals surface area contributed by atoms with Crippen LogP contribution in [0.1, 0.15) is 5.56 Å². The van der Waals surface area contributed by atoms with Crippen molar-refractivity contribution in [2.45, 2.75) is 4.90 Å². The van der Waals surface area contributed by atoms with Gasteiger partial charge in [0.1, 0.15) is 17.6 Å². The molecule has 3 aromatic rings. The Balaban J connectivity index is 1.98. The second kappa shape index (κ2) is 7.43. The molecule has 0 saturated heterocycles. The molecule has 0 spiro atoms. The molecule has 6 nitrogen and oxygen atoms in total. The van der Waals surface area contributed by atoms with Crippen LogP contribution in [0.2, 0.25) is 0 Å². The van der Waals surface area contributed by atoms with Gasteiger partial charge in [0.05, 0.1) is 29.0 Å². The number of hydrogen-bond acceptors (Lipinski definition) is 5. The van der Waals surface area contributed by atoms with E-state index < -0.39 is 15.8 Å². The highest BCUT2D eigenvalue weighted by molar-refractivity contribution is 7.92. The molecule has 0 radical (unpaired) electrons. The van der Waals surface area contributed by atoms with E-state index in [0.29, 0.717) is 11.3 Å². The molecular weight excluding hydrogens is 369 g/mol. The van der Waals surface area contributed by atoms with E-state index in [2.05, 4.69) is 9.71 Å². The van der Waals surface area contributed by atoms with Crippen LogP contribution in [0.25, 0.3) is 11.3 Å². The molecule has 0 aliphatic heterocycles. The monoisotopic (exact) mass is 383 g/mol. The van der Waals surface area contributed by atoms with Gasteiger partial charge in [-0.05, 0) is 48.5 Å². The van der Waals surface area contributed by atoms with E-state index in [1.165, 1.54) is 55.8 Å². The Kier molecular flexibility index (Phi) is 5.05. The zero-order valence-electron chi connectivity index (χ0n) is 14.2. The number of sulfonamides is 1. The largest absolute Gasteiger partial charge is 0.497 e. The van der Waals surface area contributed by atoms with Gasteiger partial charge in [0.15, 0.2) is 0 Å². The second-order valence-corrected chi connectivity index (χ2v) is 7.17. The Morgan fingerprint density at radius 2 is 1.89 bits per heavy atom. The first-order chi connectivity index (χ1) is 12.9. The van der Waals surface area contributed by atoms with Gasteiger partial charge in [-0.1, -0.05) is 6.07 Å². The van der Waals surface area contributed by atoms with Crippen LogP contribution in [0.4, 0.5) is 10.1 Å². The van der Waals surface area contributed by atoms with Crippen molar-refractivity contribution in [2.75, 3.05) is 11.8 Å². The molecule has 0 unspecified atom stereocenters. The topological polar surface area (TPSA) is 92.1 Å². The van der Waals surface area contributed by atoms with E-state index in [0.717, 1.165) is 6.07 Å². The Bertz CT molecular complexity index is 1120. The normalized spacial score (nSPS) is 10.9. The van der Waals surface area contributed by atoms with Gasteiger partial charge in [-0.3, -0.25) is 9.71 Å². The predicted octanol–water partition coefficient (Wildman–Crippen LogP) is 3.57. The van der Waals surface area contributed by atoms with Crippen molar-refractivity contribution < 1.29 is 17.5 Å². The minimum atomic E-state index is -3.88. The summed E-state index contributed by atoms with van der Waals surface area (Å²) < 4.78 is 46.7. The van der Waals surface area contributed by atoms with Crippen LogP contribution in [0.5, 0.6) is 5.75 Å². The number of methoxy groups -OCH3 is 1. The van der Waals surface area contributed by atoms with Gasteiger partial charge in [-0.2, -0.15) is 5.26 Å². The maximum Gasteiger partial charge on any atom is 0.261 e. The van der Waals surface area contributed by atoms with Gasteiger partial charge in [0.2, 0.25) is 0 Å². The number of pyridine rings is 1. The van der Waals surface area contributed by atoms with Crippen LogP contribution < -0.4 is 9.46 Å². The molecule has 8 heteroatoms. The van der Waals surface area contributed by atoms with Gasteiger partial charge >= 0.3 is 0 Å². The highest BCUT2D eigenvalue weighted by Gasteiger charge is 2.18. The highest BCUT2D eigenvalue weighted by Crippen LogP contribution is 2.29. The van der Waals surface area contributed by atoms with Crippen LogP contribution in [0.3, 0.4) is 0 Å². The minimum Gasteiger partial charge on any atom is -0.497 e. The molecular formula is C19H14FN3O3S. The molecule has 1 N–H and O–H groups in total. The first-order valence-corrected chi connectivity index (χ1v) is 9.25. The molecule has 2 aromatic carbocycles. The third-order valence-corrected chi connectivity index (χ3v) is 5.17. The van der Waals surface area contributed by atoms with Crippen molar-refractivity contribution >= 4 is 15.7 Å². The van der Waals surface area contributed by atoms with Crippen LogP contribution >= 0.6 is 0 Å². The summed E-state index contributed by atoms with van der Waals surface area (Å²) in [6, 6.07) is 14.7. The van der Waals surface area contributed by atoms with Crippen molar-refractivity contribution in [3.8, 4) is 23.1 Å². The van der Waals surface area contributed by atoms with Gasteiger partial charge in [-0.15, -0.1) is 0 Å². The average Bonchev–Trinajstić information content (AvgIpc) is 2.68. The number of ether oxygens (including phenoxy) is 1. The van der Waals surface area contributed by atoms with Crippen molar-refractivity contribution in [3.63, 3.8) is 0 Å². The van der Waals surface area contributed by atoms with Crippen LogP contribution in [0, 0.1) is 17.1 Å². The summed E-state index contributed by atoms with van der Waals surface area (Å²) in [5.74, 6) is -0.173. The van der Waals surface area contributed by atoms with Crippen molar-refractivity contribution in [2.24, 2.45) is 0 Å². The zero-order valence-corrected chi connectivity index (χ0v) is 15.0. The molecule has 3 rings (SSSR count). The summed E-state index contributed by atoms with van der Waals surface area (Å²) in [5, 5.41) is 8.84. The molecule has 0 aliphatic rings. The fourth-order valence-corrected chi connectivity index (χ4v) is 3.50. The van der Waals surface area contributed by atoms with Crippen molar-refractivity contribution in [1.29, 1.82) is 5.26 Å². The summed E-state index contributed by atoms with van der Waals surface area (Å²) in [4.78, 5) is 4.20. The number of aromatic nitrogens is 1. The number of benzene rings is 2. The molecule has 0 bridgehead atoms. The van der Waals surface area contributed by atoms with Gasteiger partial charge < -0.3 is 4.74 Å². The maximum atomic E-state index is 13.9. The summed E-state index contributed by atoms with van der Waals surface area (Å²) in [6.45, 7) is 0. The third-order valence-electron chi connectivity index (χ3n) is 3.78. The number of hydrogen-bond donors (Lipinski definition) is 1.